The van der Waals surface area contributed by atoms with Gasteiger partial charge in [0, 0.05) is 25.2 Å². The summed E-state index contributed by atoms with van der Waals surface area (Å²) in [5, 5.41) is 3.46. The molecule has 2 amide bonds. The number of amides is 2. The van der Waals surface area contributed by atoms with Crippen LogP contribution in [0.25, 0.3) is 0 Å². The molecule has 0 unspecified atom stereocenters. The van der Waals surface area contributed by atoms with Gasteiger partial charge >= 0.3 is 6.03 Å². The molecule has 2 aliphatic rings. The number of urea groups is 1. The van der Waals surface area contributed by atoms with Crippen molar-refractivity contribution in [3.63, 3.8) is 0 Å². The average molecular weight is 211 g/mol. The van der Waals surface area contributed by atoms with Crippen LogP contribution in [0.1, 0.15) is 27.2 Å². The van der Waals surface area contributed by atoms with Crippen LogP contribution in [0.4, 0.5) is 4.79 Å². The molecule has 3 atom stereocenters. The van der Waals surface area contributed by atoms with E-state index in [-0.39, 0.29) is 6.03 Å². The maximum absolute atomic E-state index is 12.0. The molecule has 2 fully saturated rings. The van der Waals surface area contributed by atoms with E-state index in [4.69, 9.17) is 0 Å². The Balaban J connectivity index is 2.06. The molecule has 0 aliphatic carbocycles. The Bertz CT molecular complexity index is 254. The lowest BCUT2D eigenvalue weighted by atomic mass is 10.1. The summed E-state index contributed by atoms with van der Waals surface area (Å²) in [6.07, 6.45) is 1.11. The van der Waals surface area contributed by atoms with Crippen molar-refractivity contribution in [2.45, 2.75) is 45.3 Å². The van der Waals surface area contributed by atoms with Crippen LogP contribution >= 0.6 is 0 Å². The number of fused-ring (bicyclic) bond motifs is 1. The van der Waals surface area contributed by atoms with E-state index in [9.17, 15) is 4.79 Å². The molecule has 86 valence electrons. The molecule has 4 heteroatoms. The minimum atomic E-state index is 0.232. The van der Waals surface area contributed by atoms with Crippen LogP contribution in [0.3, 0.4) is 0 Å². The van der Waals surface area contributed by atoms with Crippen molar-refractivity contribution < 1.29 is 4.79 Å². The number of rotatable bonds is 3. The molecule has 1 N–H and O–H groups in total. The van der Waals surface area contributed by atoms with Gasteiger partial charge in [-0.1, -0.05) is 6.92 Å². The molecule has 0 spiro atoms. The summed E-state index contributed by atoms with van der Waals surface area (Å²) in [5.74, 6) is 0. The Hall–Kier alpha value is -0.770. The first-order valence-corrected chi connectivity index (χ1v) is 5.99. The molecule has 2 aliphatic heterocycles. The van der Waals surface area contributed by atoms with Crippen LogP contribution in [0.15, 0.2) is 0 Å². The third-order valence-corrected chi connectivity index (χ3v) is 3.71. The van der Waals surface area contributed by atoms with E-state index in [1.54, 1.807) is 0 Å². The topological polar surface area (TPSA) is 35.6 Å². The van der Waals surface area contributed by atoms with Gasteiger partial charge in [-0.05, 0) is 26.8 Å². The number of likely N-dealkylation sites (N-methyl/N-ethyl adjacent to an activating group) is 2. The first-order chi connectivity index (χ1) is 7.19. The van der Waals surface area contributed by atoms with Crippen molar-refractivity contribution >= 4 is 6.03 Å². The van der Waals surface area contributed by atoms with Gasteiger partial charge < -0.3 is 15.1 Å². The van der Waals surface area contributed by atoms with Gasteiger partial charge in [-0.2, -0.15) is 0 Å². The van der Waals surface area contributed by atoms with Crippen LogP contribution in [0.2, 0.25) is 0 Å². The van der Waals surface area contributed by atoms with Crippen molar-refractivity contribution in [1.29, 1.82) is 0 Å². The van der Waals surface area contributed by atoms with Gasteiger partial charge in [0.15, 0.2) is 0 Å². The van der Waals surface area contributed by atoms with E-state index in [1.165, 1.54) is 0 Å². The fourth-order valence-corrected chi connectivity index (χ4v) is 2.90. The molecule has 0 bridgehead atoms. The quantitative estimate of drug-likeness (QED) is 0.752. The summed E-state index contributed by atoms with van der Waals surface area (Å²) in [5.41, 5.74) is 0. The van der Waals surface area contributed by atoms with Crippen LogP contribution in [-0.2, 0) is 0 Å². The highest BCUT2D eigenvalue weighted by molar-refractivity contribution is 5.78. The highest BCUT2D eigenvalue weighted by atomic mass is 16.2. The molecule has 0 aromatic carbocycles. The van der Waals surface area contributed by atoms with Gasteiger partial charge in [0.05, 0.1) is 6.04 Å². The Kier molecular flexibility index (Phi) is 2.87. The van der Waals surface area contributed by atoms with Gasteiger partial charge in [0.1, 0.15) is 0 Å². The van der Waals surface area contributed by atoms with E-state index >= 15 is 0 Å². The molecule has 15 heavy (non-hydrogen) atoms. The Morgan fingerprint density at radius 2 is 2.20 bits per heavy atom. The maximum atomic E-state index is 12.0. The lowest BCUT2D eigenvalue weighted by Gasteiger charge is -2.24. The predicted octanol–water partition coefficient (Wildman–Crippen LogP) is 0.883. The van der Waals surface area contributed by atoms with Crippen LogP contribution in [0, 0.1) is 0 Å². The summed E-state index contributed by atoms with van der Waals surface area (Å²) in [7, 11) is 0. The minimum absolute atomic E-state index is 0.232. The number of carbonyl (C=O) groups is 1. The summed E-state index contributed by atoms with van der Waals surface area (Å²) < 4.78 is 0. The second-order valence-electron chi connectivity index (χ2n) is 4.52. The predicted molar refractivity (Wildman–Crippen MR) is 59.8 cm³/mol. The van der Waals surface area contributed by atoms with E-state index in [2.05, 4.69) is 24.1 Å². The molecule has 2 heterocycles. The second kappa shape index (κ2) is 4.00. The van der Waals surface area contributed by atoms with Crippen LogP contribution in [-0.4, -0.2) is 53.6 Å². The number of carbonyl (C=O) groups excluding carboxylic acids is 1. The SMILES string of the molecule is CCN[C@H]1C[C@H]2CN(CC)C(=O)N2[C@@H]1C. The molecule has 4 nitrogen and oxygen atoms in total. The number of nitrogens with zero attached hydrogens (tertiary/aromatic N) is 2. The monoisotopic (exact) mass is 211 g/mol. The average Bonchev–Trinajstić information content (AvgIpc) is 2.68. The molecular weight excluding hydrogens is 190 g/mol. The van der Waals surface area contributed by atoms with E-state index in [0.717, 1.165) is 26.1 Å². The summed E-state index contributed by atoms with van der Waals surface area (Å²) in [6.45, 7) is 9.07. The molecule has 0 aromatic heterocycles. The first-order valence-electron chi connectivity index (χ1n) is 5.99. The largest absolute Gasteiger partial charge is 0.323 e. The fourth-order valence-electron chi connectivity index (χ4n) is 2.90. The molecule has 0 saturated carbocycles. The first kappa shape index (κ1) is 10.7. The standard InChI is InChI=1S/C11H21N3O/c1-4-12-10-6-9-7-13(5-2)11(15)14(9)8(10)3/h8-10,12H,4-7H2,1-3H3/t8-,9+,10+/m1/s1. The smallest absolute Gasteiger partial charge is 0.320 e. The van der Waals surface area contributed by atoms with Crippen molar-refractivity contribution in [3.05, 3.63) is 0 Å². The zero-order valence-electron chi connectivity index (χ0n) is 9.86. The molecule has 0 aromatic rings. The zero-order chi connectivity index (χ0) is 11.0. The molecule has 0 radical (unpaired) electrons. The van der Waals surface area contributed by atoms with Crippen molar-refractivity contribution in [2.75, 3.05) is 19.6 Å². The zero-order valence-corrected chi connectivity index (χ0v) is 9.86. The highest BCUT2D eigenvalue weighted by Crippen LogP contribution is 2.31. The van der Waals surface area contributed by atoms with Crippen LogP contribution in [0.5, 0.6) is 0 Å². The summed E-state index contributed by atoms with van der Waals surface area (Å²) in [6, 6.07) is 1.51. The third-order valence-electron chi connectivity index (χ3n) is 3.71. The lowest BCUT2D eigenvalue weighted by molar-refractivity contribution is 0.180. The Morgan fingerprint density at radius 3 is 2.73 bits per heavy atom. The maximum Gasteiger partial charge on any atom is 0.320 e. The van der Waals surface area contributed by atoms with Crippen molar-refractivity contribution in [1.82, 2.24) is 15.1 Å². The third kappa shape index (κ3) is 1.61. The van der Waals surface area contributed by atoms with Crippen molar-refractivity contribution in [2.24, 2.45) is 0 Å². The molecule has 2 rings (SSSR count). The minimum Gasteiger partial charge on any atom is -0.323 e. The summed E-state index contributed by atoms with van der Waals surface area (Å²) in [4.78, 5) is 16.0. The Labute approximate surface area is 91.6 Å². The van der Waals surface area contributed by atoms with Gasteiger partial charge in [-0.25, -0.2) is 4.79 Å². The normalized spacial score (nSPS) is 35.1. The molecular formula is C11H21N3O. The fraction of sp³-hybridized carbons (Fsp3) is 0.909. The highest BCUT2D eigenvalue weighted by Gasteiger charge is 2.47. The van der Waals surface area contributed by atoms with Gasteiger partial charge in [0.2, 0.25) is 0 Å². The second-order valence-corrected chi connectivity index (χ2v) is 4.52. The van der Waals surface area contributed by atoms with E-state index in [0.29, 0.717) is 18.1 Å². The Morgan fingerprint density at radius 1 is 1.47 bits per heavy atom. The van der Waals surface area contributed by atoms with Crippen molar-refractivity contribution in [3.8, 4) is 0 Å². The number of hydrogen-bond acceptors (Lipinski definition) is 2. The van der Waals surface area contributed by atoms with E-state index < -0.39 is 0 Å². The summed E-state index contributed by atoms with van der Waals surface area (Å²) >= 11 is 0. The number of nitrogens with one attached hydrogen (secondary N) is 1. The van der Waals surface area contributed by atoms with E-state index in [1.807, 2.05) is 11.8 Å². The van der Waals surface area contributed by atoms with Gasteiger partial charge in [-0.3, -0.25) is 0 Å². The van der Waals surface area contributed by atoms with Gasteiger partial charge in [0.25, 0.3) is 0 Å². The van der Waals surface area contributed by atoms with Gasteiger partial charge in [-0.15, -0.1) is 0 Å². The number of hydrogen-bond donors (Lipinski definition) is 1. The molecule has 2 saturated heterocycles. The van der Waals surface area contributed by atoms with Crippen LogP contribution < -0.4 is 5.32 Å². The lowest BCUT2D eigenvalue weighted by Crippen LogP contribution is -2.44.